The Kier molecular flexibility index (Phi) is 4.11. The molecule has 1 aromatic rings. The van der Waals surface area contributed by atoms with E-state index in [2.05, 4.69) is 0 Å². The third-order valence-electron chi connectivity index (χ3n) is 1.22. The second kappa shape index (κ2) is 5.14. The van der Waals surface area contributed by atoms with Crippen molar-refractivity contribution in [2.24, 2.45) is 0 Å². The first-order valence-corrected chi connectivity index (χ1v) is 5.52. The van der Waals surface area contributed by atoms with Crippen molar-refractivity contribution in [2.75, 3.05) is 0 Å². The normalized spacial score (nSPS) is 9.69. The number of rotatable bonds is 3. The van der Waals surface area contributed by atoms with Crippen LogP contribution in [0, 0.1) is 0 Å². The van der Waals surface area contributed by atoms with Crippen molar-refractivity contribution >= 4 is 27.9 Å². The monoisotopic (exact) mass is 218 g/mol. The fraction of sp³-hybridized carbons (Fsp3) is 0.125. The molecule has 0 unspecified atom stereocenters. The van der Waals surface area contributed by atoms with E-state index in [-0.39, 0.29) is 11.2 Å². The number of hydrogen-bond donors (Lipinski definition) is 0. The highest BCUT2D eigenvalue weighted by Crippen LogP contribution is 2.37. The maximum absolute atomic E-state index is 11.9. The largest absolute Gasteiger partial charge is 0.425 e. The molecule has 0 atom stereocenters. The summed E-state index contributed by atoms with van der Waals surface area (Å²) in [7, 11) is 0.917. The van der Waals surface area contributed by atoms with Crippen LogP contribution in [-0.4, -0.2) is 5.97 Å². The number of carbonyl (C=O) groups excluding carboxylic acids is 1. The van der Waals surface area contributed by atoms with E-state index in [1.165, 1.54) is 6.92 Å². The molecular weight excluding hydrogens is 211 g/mol. The van der Waals surface area contributed by atoms with Gasteiger partial charge in [-0.1, -0.05) is 12.1 Å². The number of halogens is 1. The van der Waals surface area contributed by atoms with Gasteiger partial charge in [0, 0.05) is 6.92 Å². The van der Waals surface area contributed by atoms with Crippen molar-refractivity contribution in [2.45, 2.75) is 11.8 Å². The summed E-state index contributed by atoms with van der Waals surface area (Å²) >= 11 is 0.121. The summed E-state index contributed by atoms with van der Waals surface area (Å²) in [5.41, 5.74) is 0. The van der Waals surface area contributed by atoms with Gasteiger partial charge in [-0.15, -0.1) is 0 Å². The van der Waals surface area contributed by atoms with Crippen LogP contribution in [0.1, 0.15) is 6.92 Å². The first-order valence-electron chi connectivity index (χ1n) is 3.46. The van der Waals surface area contributed by atoms with Crippen molar-refractivity contribution in [1.82, 2.24) is 0 Å². The highest BCUT2D eigenvalue weighted by atomic mass is 33.1. The molecule has 0 heterocycles. The summed E-state index contributed by atoms with van der Waals surface area (Å²) in [6.07, 6.45) is 0. The highest BCUT2D eigenvalue weighted by Gasteiger charge is 2.05. The first-order chi connectivity index (χ1) is 6.24. The Hall–Kier alpha value is -0.680. The average molecular weight is 218 g/mol. The van der Waals surface area contributed by atoms with E-state index >= 15 is 0 Å². The number of ether oxygens (including phenoxy) is 1. The molecule has 0 N–H and O–H groups in total. The Morgan fingerprint density at radius 3 is 2.77 bits per heavy atom. The van der Waals surface area contributed by atoms with Crippen molar-refractivity contribution in [1.29, 1.82) is 0 Å². The maximum Gasteiger partial charge on any atom is 0.308 e. The first kappa shape index (κ1) is 10.4. The van der Waals surface area contributed by atoms with E-state index < -0.39 is 5.97 Å². The lowest BCUT2D eigenvalue weighted by atomic mass is 10.3. The van der Waals surface area contributed by atoms with Crippen molar-refractivity contribution in [3.05, 3.63) is 24.3 Å². The van der Waals surface area contributed by atoms with Gasteiger partial charge < -0.3 is 4.74 Å². The highest BCUT2D eigenvalue weighted by molar-refractivity contribution is 8.74. The third-order valence-corrected chi connectivity index (χ3v) is 2.53. The molecule has 70 valence electrons. The van der Waals surface area contributed by atoms with Crippen molar-refractivity contribution in [3.63, 3.8) is 0 Å². The Morgan fingerprint density at radius 1 is 1.46 bits per heavy atom. The van der Waals surface area contributed by atoms with Gasteiger partial charge in [-0.05, 0) is 22.9 Å². The number of carbonyl (C=O) groups is 1. The summed E-state index contributed by atoms with van der Waals surface area (Å²) in [6, 6.07) is 6.80. The van der Waals surface area contributed by atoms with Gasteiger partial charge in [-0.3, -0.25) is 4.79 Å². The topological polar surface area (TPSA) is 26.3 Å². The maximum atomic E-state index is 11.9. The predicted molar refractivity (Wildman–Crippen MR) is 52.3 cm³/mol. The van der Waals surface area contributed by atoms with Gasteiger partial charge in [-0.25, -0.2) is 0 Å². The van der Waals surface area contributed by atoms with Crippen LogP contribution in [0.5, 0.6) is 5.75 Å². The minimum atomic E-state index is -0.406. The molecule has 0 aliphatic carbocycles. The molecule has 0 saturated carbocycles. The fourth-order valence-corrected chi connectivity index (χ4v) is 1.80. The van der Waals surface area contributed by atoms with Crippen LogP contribution in [0.3, 0.4) is 0 Å². The van der Waals surface area contributed by atoms with Crippen molar-refractivity contribution < 1.29 is 13.4 Å². The minimum absolute atomic E-state index is 0.121. The van der Waals surface area contributed by atoms with Crippen LogP contribution in [0.2, 0.25) is 0 Å². The molecule has 13 heavy (non-hydrogen) atoms. The van der Waals surface area contributed by atoms with Gasteiger partial charge in [0.15, 0.2) is 0 Å². The lowest BCUT2D eigenvalue weighted by Crippen LogP contribution is -2.01. The van der Waals surface area contributed by atoms with Crippen molar-refractivity contribution in [3.8, 4) is 5.75 Å². The number of para-hydroxylation sites is 1. The number of benzene rings is 1. The second-order valence-electron chi connectivity index (χ2n) is 2.19. The SMILES string of the molecule is CC(=O)Oc1ccccc1SSF. The van der Waals surface area contributed by atoms with Crippen LogP contribution in [0.15, 0.2) is 29.2 Å². The smallest absolute Gasteiger partial charge is 0.308 e. The molecule has 0 saturated heterocycles. The van der Waals surface area contributed by atoms with Crippen LogP contribution in [-0.2, 0) is 4.79 Å². The molecule has 0 aliphatic heterocycles. The lowest BCUT2D eigenvalue weighted by Gasteiger charge is -2.04. The van der Waals surface area contributed by atoms with E-state index in [4.69, 9.17) is 4.74 Å². The molecule has 0 aliphatic rings. The van der Waals surface area contributed by atoms with Gasteiger partial charge in [0.05, 0.1) is 4.90 Å². The second-order valence-corrected chi connectivity index (χ2v) is 3.80. The summed E-state index contributed by atoms with van der Waals surface area (Å²) in [6.45, 7) is 1.31. The van der Waals surface area contributed by atoms with E-state index in [0.717, 1.165) is 10.8 Å². The molecule has 1 aromatic carbocycles. The van der Waals surface area contributed by atoms with Crippen LogP contribution < -0.4 is 4.74 Å². The summed E-state index contributed by atoms with van der Waals surface area (Å²) in [4.78, 5) is 11.2. The van der Waals surface area contributed by atoms with Gasteiger partial charge in [0.1, 0.15) is 16.9 Å². The molecule has 2 nitrogen and oxygen atoms in total. The molecule has 0 amide bonds. The van der Waals surface area contributed by atoms with E-state index in [9.17, 15) is 8.68 Å². The molecular formula is C8H7FO2S2. The standard InChI is InChI=1S/C8H7FO2S2/c1-6(10)11-7-4-2-3-5-8(7)12-13-9/h2-5H,1H3. The number of esters is 1. The molecule has 0 spiro atoms. The Balaban J connectivity index is 2.84. The molecule has 0 fully saturated rings. The van der Waals surface area contributed by atoms with Gasteiger partial charge in [0.2, 0.25) is 0 Å². The quantitative estimate of drug-likeness (QED) is 0.442. The Bertz CT molecular complexity index is 304. The lowest BCUT2D eigenvalue weighted by molar-refractivity contribution is -0.132. The zero-order chi connectivity index (χ0) is 9.68. The summed E-state index contributed by atoms with van der Waals surface area (Å²) in [5, 5.41) is 0. The van der Waals surface area contributed by atoms with Crippen LogP contribution in [0.4, 0.5) is 3.89 Å². The third kappa shape index (κ3) is 3.28. The molecule has 5 heteroatoms. The van der Waals surface area contributed by atoms with E-state index in [0.29, 0.717) is 10.6 Å². The van der Waals surface area contributed by atoms with Gasteiger partial charge >= 0.3 is 5.97 Å². The van der Waals surface area contributed by atoms with Gasteiger partial charge in [0.25, 0.3) is 0 Å². The fourth-order valence-electron chi connectivity index (χ4n) is 0.792. The zero-order valence-corrected chi connectivity index (χ0v) is 8.45. The zero-order valence-electron chi connectivity index (χ0n) is 6.82. The molecule has 0 aromatic heterocycles. The van der Waals surface area contributed by atoms with E-state index in [1.54, 1.807) is 24.3 Å². The van der Waals surface area contributed by atoms with Crippen LogP contribution in [0.25, 0.3) is 0 Å². The summed E-state index contributed by atoms with van der Waals surface area (Å²) in [5.74, 6) is -0.0120. The number of hydrogen-bond acceptors (Lipinski definition) is 4. The Morgan fingerprint density at radius 2 is 2.15 bits per heavy atom. The van der Waals surface area contributed by atoms with Gasteiger partial charge in [-0.2, -0.15) is 3.89 Å². The van der Waals surface area contributed by atoms with Crippen LogP contribution >= 0.6 is 22.0 Å². The molecule has 1 rings (SSSR count). The molecule has 0 bridgehead atoms. The predicted octanol–water partition coefficient (Wildman–Crippen LogP) is 3.24. The minimum Gasteiger partial charge on any atom is -0.425 e. The van der Waals surface area contributed by atoms with E-state index in [1.807, 2.05) is 0 Å². The molecule has 0 radical (unpaired) electrons. The summed E-state index contributed by atoms with van der Waals surface area (Å²) < 4.78 is 16.8. The Labute approximate surface area is 83.5 Å². The average Bonchev–Trinajstić information content (AvgIpc) is 2.08.